The normalized spacial score (nSPS) is 10.6. The van der Waals surface area contributed by atoms with Gasteiger partial charge in [0.2, 0.25) is 0 Å². The third-order valence-corrected chi connectivity index (χ3v) is 3.02. The predicted octanol–water partition coefficient (Wildman–Crippen LogP) is 2.91. The highest BCUT2D eigenvalue weighted by molar-refractivity contribution is 6.31. The predicted molar refractivity (Wildman–Crippen MR) is 75.7 cm³/mol. The van der Waals surface area contributed by atoms with Crippen molar-refractivity contribution < 1.29 is 9.47 Å². The van der Waals surface area contributed by atoms with Crippen molar-refractivity contribution in [3.63, 3.8) is 0 Å². The van der Waals surface area contributed by atoms with Crippen LogP contribution in [0.4, 0.5) is 0 Å². The maximum atomic E-state index is 6.05. The molecule has 18 heavy (non-hydrogen) atoms. The van der Waals surface area contributed by atoms with Gasteiger partial charge in [0.15, 0.2) is 0 Å². The Labute approximate surface area is 114 Å². The van der Waals surface area contributed by atoms with E-state index in [2.05, 4.69) is 12.2 Å². The van der Waals surface area contributed by atoms with E-state index in [1.54, 1.807) is 7.11 Å². The van der Waals surface area contributed by atoms with Crippen molar-refractivity contribution in [2.45, 2.75) is 19.8 Å². The molecule has 1 rings (SSSR count). The van der Waals surface area contributed by atoms with Gasteiger partial charge in [-0.3, -0.25) is 0 Å². The molecule has 1 N–H and O–H groups in total. The molecule has 0 unspecified atom stereocenters. The van der Waals surface area contributed by atoms with Crippen LogP contribution in [0.25, 0.3) is 0 Å². The molecule has 1 aromatic carbocycles. The summed E-state index contributed by atoms with van der Waals surface area (Å²) in [5.74, 6) is 0.896. The largest absolute Gasteiger partial charge is 0.494 e. The van der Waals surface area contributed by atoms with Crippen LogP contribution in [-0.2, 0) is 11.2 Å². The first-order valence-electron chi connectivity index (χ1n) is 6.38. The molecule has 0 fully saturated rings. The van der Waals surface area contributed by atoms with Gasteiger partial charge in [0.05, 0.1) is 13.2 Å². The van der Waals surface area contributed by atoms with Crippen LogP contribution in [0.5, 0.6) is 5.75 Å². The molecule has 102 valence electrons. The van der Waals surface area contributed by atoms with Crippen molar-refractivity contribution in [1.82, 2.24) is 5.32 Å². The number of halogens is 1. The average molecular weight is 272 g/mol. The smallest absolute Gasteiger partial charge is 0.119 e. The minimum absolute atomic E-state index is 0.713. The van der Waals surface area contributed by atoms with Gasteiger partial charge in [-0.1, -0.05) is 18.5 Å². The summed E-state index contributed by atoms with van der Waals surface area (Å²) in [6.45, 7) is 5.38. The van der Waals surface area contributed by atoms with Gasteiger partial charge in [0.25, 0.3) is 0 Å². The molecule has 0 bridgehead atoms. The van der Waals surface area contributed by atoms with Gasteiger partial charge >= 0.3 is 0 Å². The molecule has 0 saturated heterocycles. The van der Waals surface area contributed by atoms with E-state index < -0.39 is 0 Å². The van der Waals surface area contributed by atoms with E-state index in [0.717, 1.165) is 48.9 Å². The summed E-state index contributed by atoms with van der Waals surface area (Å²) in [5, 5.41) is 4.09. The lowest BCUT2D eigenvalue weighted by atomic mass is 10.1. The number of benzene rings is 1. The zero-order valence-electron chi connectivity index (χ0n) is 11.2. The second-order valence-electron chi connectivity index (χ2n) is 4.05. The average Bonchev–Trinajstić information content (AvgIpc) is 2.39. The van der Waals surface area contributed by atoms with E-state index in [1.165, 1.54) is 0 Å². The minimum Gasteiger partial charge on any atom is -0.494 e. The van der Waals surface area contributed by atoms with E-state index >= 15 is 0 Å². The molecule has 0 saturated carbocycles. The Morgan fingerprint density at radius 2 is 2.06 bits per heavy atom. The number of ether oxygens (including phenoxy) is 2. The number of hydrogen-bond donors (Lipinski definition) is 1. The molecule has 0 aliphatic rings. The fourth-order valence-corrected chi connectivity index (χ4v) is 1.85. The van der Waals surface area contributed by atoms with Crippen LogP contribution in [0.3, 0.4) is 0 Å². The molecule has 0 amide bonds. The maximum Gasteiger partial charge on any atom is 0.119 e. The van der Waals surface area contributed by atoms with Crippen LogP contribution in [0, 0.1) is 0 Å². The molecular weight excluding hydrogens is 250 g/mol. The van der Waals surface area contributed by atoms with Crippen molar-refractivity contribution in [1.29, 1.82) is 0 Å². The monoisotopic (exact) mass is 271 g/mol. The molecule has 0 aliphatic carbocycles. The summed E-state index contributed by atoms with van der Waals surface area (Å²) in [4.78, 5) is 0. The van der Waals surface area contributed by atoms with Gasteiger partial charge in [-0.25, -0.2) is 0 Å². The first-order chi connectivity index (χ1) is 8.77. The van der Waals surface area contributed by atoms with E-state index in [1.807, 2.05) is 18.2 Å². The van der Waals surface area contributed by atoms with Gasteiger partial charge < -0.3 is 14.8 Å². The summed E-state index contributed by atoms with van der Waals surface area (Å²) >= 11 is 6.05. The maximum absolute atomic E-state index is 6.05. The molecule has 0 spiro atoms. The number of nitrogens with one attached hydrogen (secondary N) is 1. The van der Waals surface area contributed by atoms with Crippen molar-refractivity contribution in [2.75, 3.05) is 33.4 Å². The van der Waals surface area contributed by atoms with Crippen LogP contribution in [-0.4, -0.2) is 33.4 Å². The molecule has 4 heteroatoms. The summed E-state index contributed by atoms with van der Waals surface area (Å²) in [6.07, 6.45) is 1.91. The van der Waals surface area contributed by atoms with Crippen LogP contribution in [0.2, 0.25) is 5.02 Å². The van der Waals surface area contributed by atoms with Crippen molar-refractivity contribution in [3.05, 3.63) is 28.8 Å². The van der Waals surface area contributed by atoms with Crippen molar-refractivity contribution in [2.24, 2.45) is 0 Å². The Morgan fingerprint density at radius 1 is 1.22 bits per heavy atom. The fourth-order valence-electron chi connectivity index (χ4n) is 1.60. The number of rotatable bonds is 9. The summed E-state index contributed by atoms with van der Waals surface area (Å²) < 4.78 is 10.6. The Balaban J connectivity index is 2.19. The van der Waals surface area contributed by atoms with Gasteiger partial charge in [0, 0.05) is 18.7 Å². The third kappa shape index (κ3) is 5.71. The Hall–Kier alpha value is -0.770. The van der Waals surface area contributed by atoms with Gasteiger partial charge in [-0.2, -0.15) is 0 Å². The Kier molecular flexibility index (Phi) is 7.81. The van der Waals surface area contributed by atoms with Crippen LogP contribution in [0.15, 0.2) is 18.2 Å². The molecule has 0 atom stereocenters. The first-order valence-corrected chi connectivity index (χ1v) is 6.76. The molecular formula is C14H22ClNO2. The number of methoxy groups -OCH3 is 1. The minimum atomic E-state index is 0.713. The zero-order chi connectivity index (χ0) is 13.2. The topological polar surface area (TPSA) is 30.5 Å². The van der Waals surface area contributed by atoms with Gasteiger partial charge in [-0.15, -0.1) is 0 Å². The first kappa shape index (κ1) is 15.3. The molecule has 0 heterocycles. The summed E-state index contributed by atoms with van der Waals surface area (Å²) in [6, 6.07) is 5.83. The highest BCUT2D eigenvalue weighted by Crippen LogP contribution is 2.22. The Morgan fingerprint density at radius 3 is 2.78 bits per heavy atom. The number of aryl methyl sites for hydroxylation is 1. The molecule has 1 aromatic rings. The number of hydrogen-bond acceptors (Lipinski definition) is 3. The summed E-state index contributed by atoms with van der Waals surface area (Å²) in [5.41, 5.74) is 1.13. The Bertz CT molecular complexity index is 345. The molecule has 0 radical (unpaired) electrons. The van der Waals surface area contributed by atoms with Crippen LogP contribution < -0.4 is 10.1 Å². The lowest BCUT2D eigenvalue weighted by Crippen LogP contribution is -2.21. The van der Waals surface area contributed by atoms with Crippen LogP contribution in [0.1, 0.15) is 18.9 Å². The second-order valence-corrected chi connectivity index (χ2v) is 4.46. The van der Waals surface area contributed by atoms with E-state index in [9.17, 15) is 0 Å². The lowest BCUT2D eigenvalue weighted by Gasteiger charge is -2.09. The van der Waals surface area contributed by atoms with Crippen molar-refractivity contribution in [3.8, 4) is 5.75 Å². The molecule has 0 aromatic heterocycles. The second kappa shape index (κ2) is 9.20. The van der Waals surface area contributed by atoms with Gasteiger partial charge in [0.1, 0.15) is 5.75 Å². The SMILES string of the molecule is CCc1cc(OCCCNCCOC)ccc1Cl. The van der Waals surface area contributed by atoms with Gasteiger partial charge in [-0.05, 0) is 43.1 Å². The van der Waals surface area contributed by atoms with E-state index in [-0.39, 0.29) is 0 Å². The fraction of sp³-hybridized carbons (Fsp3) is 0.571. The van der Waals surface area contributed by atoms with Crippen LogP contribution >= 0.6 is 11.6 Å². The standard InChI is InChI=1S/C14H22ClNO2/c1-3-12-11-13(5-6-14(12)15)18-9-4-7-16-8-10-17-2/h5-6,11,16H,3-4,7-10H2,1-2H3. The third-order valence-electron chi connectivity index (χ3n) is 2.65. The zero-order valence-corrected chi connectivity index (χ0v) is 11.9. The lowest BCUT2D eigenvalue weighted by molar-refractivity contribution is 0.198. The highest BCUT2D eigenvalue weighted by Gasteiger charge is 2.00. The summed E-state index contributed by atoms with van der Waals surface area (Å²) in [7, 11) is 1.71. The quantitative estimate of drug-likeness (QED) is 0.701. The highest BCUT2D eigenvalue weighted by atomic mass is 35.5. The van der Waals surface area contributed by atoms with E-state index in [4.69, 9.17) is 21.1 Å². The van der Waals surface area contributed by atoms with Crippen molar-refractivity contribution >= 4 is 11.6 Å². The molecule has 0 aliphatic heterocycles. The van der Waals surface area contributed by atoms with E-state index in [0.29, 0.717) is 6.61 Å². The molecule has 3 nitrogen and oxygen atoms in total.